The van der Waals surface area contributed by atoms with E-state index in [0.29, 0.717) is 0 Å². The minimum atomic E-state index is 0.868. The van der Waals surface area contributed by atoms with E-state index >= 15 is 0 Å². The molecule has 1 N–H and O–H groups in total. The molecule has 2 heterocycles. The Morgan fingerprint density at radius 3 is 2.65 bits per heavy atom. The molecule has 0 amide bonds. The van der Waals surface area contributed by atoms with Gasteiger partial charge in [0.05, 0.1) is 0 Å². The van der Waals surface area contributed by atoms with E-state index in [-0.39, 0.29) is 0 Å². The molecule has 4 nitrogen and oxygen atoms in total. The molecule has 0 radical (unpaired) electrons. The van der Waals surface area contributed by atoms with E-state index in [1.54, 1.807) is 6.33 Å². The molecule has 17 heavy (non-hydrogen) atoms. The smallest absolute Gasteiger partial charge is 0.148 e. The Balaban J connectivity index is 1.85. The highest BCUT2D eigenvalue weighted by Gasteiger charge is 2.37. The van der Waals surface area contributed by atoms with Crippen molar-refractivity contribution in [1.82, 2.24) is 9.97 Å². The fourth-order valence-corrected chi connectivity index (χ4v) is 3.82. The van der Waals surface area contributed by atoms with Crippen LogP contribution in [0.2, 0.25) is 0 Å². The summed E-state index contributed by atoms with van der Waals surface area (Å²) >= 11 is 3.60. The van der Waals surface area contributed by atoms with Crippen LogP contribution in [-0.4, -0.2) is 30.1 Å². The molecule has 0 spiro atoms. The van der Waals surface area contributed by atoms with Crippen LogP contribution >= 0.6 is 15.9 Å². The zero-order valence-corrected chi connectivity index (χ0v) is 11.6. The average molecular weight is 297 g/mol. The van der Waals surface area contributed by atoms with Gasteiger partial charge in [-0.05, 0) is 40.6 Å². The zero-order valence-electron chi connectivity index (χ0n) is 9.99. The van der Waals surface area contributed by atoms with Crippen molar-refractivity contribution in [3.05, 3.63) is 10.8 Å². The van der Waals surface area contributed by atoms with Crippen LogP contribution in [0.1, 0.15) is 19.3 Å². The summed E-state index contributed by atoms with van der Waals surface area (Å²) in [5.74, 6) is 3.68. The lowest BCUT2D eigenvalue weighted by molar-refractivity contribution is 0.494. The van der Waals surface area contributed by atoms with Crippen molar-refractivity contribution in [2.75, 3.05) is 30.4 Å². The van der Waals surface area contributed by atoms with Gasteiger partial charge in [0, 0.05) is 20.1 Å². The molecule has 2 unspecified atom stereocenters. The molecule has 1 aromatic rings. The lowest BCUT2D eigenvalue weighted by Crippen LogP contribution is -2.22. The topological polar surface area (TPSA) is 41.1 Å². The number of rotatable bonds is 2. The zero-order chi connectivity index (χ0) is 11.8. The van der Waals surface area contributed by atoms with Gasteiger partial charge in [0.15, 0.2) is 0 Å². The Hall–Kier alpha value is -0.840. The summed E-state index contributed by atoms with van der Waals surface area (Å²) < 4.78 is 0.988. The van der Waals surface area contributed by atoms with E-state index in [0.717, 1.165) is 41.0 Å². The van der Waals surface area contributed by atoms with Crippen molar-refractivity contribution in [3.63, 3.8) is 0 Å². The minimum absolute atomic E-state index is 0.868. The Morgan fingerprint density at radius 1 is 1.29 bits per heavy atom. The van der Waals surface area contributed by atoms with Crippen molar-refractivity contribution in [3.8, 4) is 0 Å². The first-order valence-corrected chi connectivity index (χ1v) is 7.02. The van der Waals surface area contributed by atoms with Crippen molar-refractivity contribution in [1.29, 1.82) is 0 Å². The predicted octanol–water partition coefficient (Wildman–Crippen LogP) is 2.52. The molecule has 2 atom stereocenters. The number of fused-ring (bicyclic) bond motifs is 1. The summed E-state index contributed by atoms with van der Waals surface area (Å²) in [5, 5.41) is 3.08. The Morgan fingerprint density at radius 2 is 2.00 bits per heavy atom. The molecule has 92 valence electrons. The first kappa shape index (κ1) is 11.3. The maximum atomic E-state index is 4.42. The third-order valence-electron chi connectivity index (χ3n) is 4.03. The number of halogens is 1. The van der Waals surface area contributed by atoms with E-state index in [9.17, 15) is 0 Å². The molecule has 0 aromatic carbocycles. The number of hydrogen-bond acceptors (Lipinski definition) is 4. The largest absolute Gasteiger partial charge is 0.372 e. The SMILES string of the molecule is CNc1ncnc(N2CC3CCCC3C2)c1Br. The monoisotopic (exact) mass is 296 g/mol. The molecule has 1 aromatic heterocycles. The molecular formula is C12H17BrN4. The Labute approximate surface area is 110 Å². The van der Waals surface area contributed by atoms with E-state index < -0.39 is 0 Å². The summed E-state index contributed by atoms with van der Waals surface area (Å²) in [7, 11) is 1.88. The summed E-state index contributed by atoms with van der Waals surface area (Å²) in [4.78, 5) is 11.0. The fourth-order valence-electron chi connectivity index (χ4n) is 3.16. The van der Waals surface area contributed by atoms with Crippen LogP contribution in [0, 0.1) is 11.8 Å². The highest BCUT2D eigenvalue weighted by atomic mass is 79.9. The molecule has 1 saturated heterocycles. The van der Waals surface area contributed by atoms with Crippen LogP contribution in [0.4, 0.5) is 11.6 Å². The Kier molecular flexibility index (Phi) is 2.94. The molecule has 5 heteroatoms. The number of nitrogens with one attached hydrogen (secondary N) is 1. The van der Waals surface area contributed by atoms with Crippen LogP contribution in [0.3, 0.4) is 0 Å². The lowest BCUT2D eigenvalue weighted by Gasteiger charge is -2.20. The second-order valence-corrected chi connectivity index (χ2v) is 5.76. The van der Waals surface area contributed by atoms with Gasteiger partial charge < -0.3 is 10.2 Å². The van der Waals surface area contributed by atoms with Crippen molar-refractivity contribution >= 4 is 27.6 Å². The lowest BCUT2D eigenvalue weighted by atomic mass is 10.0. The molecule has 0 bridgehead atoms. The molecule has 1 aliphatic carbocycles. The first-order valence-electron chi connectivity index (χ1n) is 6.22. The van der Waals surface area contributed by atoms with E-state index in [1.807, 2.05) is 7.05 Å². The van der Waals surface area contributed by atoms with Gasteiger partial charge in [-0.25, -0.2) is 9.97 Å². The predicted molar refractivity (Wildman–Crippen MR) is 72.3 cm³/mol. The normalized spacial score (nSPS) is 27.3. The summed E-state index contributed by atoms with van der Waals surface area (Å²) in [6.07, 6.45) is 5.83. The van der Waals surface area contributed by atoms with Gasteiger partial charge in [0.2, 0.25) is 0 Å². The number of nitrogens with zero attached hydrogens (tertiary/aromatic N) is 3. The third-order valence-corrected chi connectivity index (χ3v) is 4.76. The second kappa shape index (κ2) is 4.44. The van der Waals surface area contributed by atoms with Gasteiger partial charge >= 0.3 is 0 Å². The van der Waals surface area contributed by atoms with E-state index in [4.69, 9.17) is 0 Å². The minimum Gasteiger partial charge on any atom is -0.372 e. The Bertz CT molecular complexity index is 411. The first-order chi connectivity index (χ1) is 8.29. The van der Waals surface area contributed by atoms with Gasteiger partial charge in [-0.2, -0.15) is 0 Å². The number of aromatic nitrogens is 2. The highest BCUT2D eigenvalue weighted by molar-refractivity contribution is 9.10. The summed E-state index contributed by atoms with van der Waals surface area (Å²) in [6, 6.07) is 0. The maximum Gasteiger partial charge on any atom is 0.148 e. The van der Waals surface area contributed by atoms with Crippen LogP contribution in [0.25, 0.3) is 0 Å². The van der Waals surface area contributed by atoms with Crippen LogP contribution < -0.4 is 10.2 Å². The highest BCUT2D eigenvalue weighted by Crippen LogP contribution is 2.41. The molecule has 2 fully saturated rings. The van der Waals surface area contributed by atoms with Crippen molar-refractivity contribution in [2.24, 2.45) is 11.8 Å². The molecule has 1 saturated carbocycles. The molecular weight excluding hydrogens is 280 g/mol. The molecule has 2 aliphatic rings. The van der Waals surface area contributed by atoms with Gasteiger partial charge in [-0.15, -0.1) is 0 Å². The fraction of sp³-hybridized carbons (Fsp3) is 0.667. The summed E-state index contributed by atoms with van der Waals surface area (Å²) in [6.45, 7) is 2.31. The standard InChI is InChI=1S/C12H17BrN4/c1-14-11-10(13)12(16-7-15-11)17-5-8-3-2-4-9(8)6-17/h7-9H,2-6H2,1H3,(H,14,15,16). The van der Waals surface area contributed by atoms with Gasteiger partial charge in [-0.1, -0.05) is 6.42 Å². The summed E-state index contributed by atoms with van der Waals surface area (Å²) in [5.41, 5.74) is 0. The van der Waals surface area contributed by atoms with E-state index in [1.165, 1.54) is 19.3 Å². The molecule has 1 aliphatic heterocycles. The van der Waals surface area contributed by atoms with Crippen molar-refractivity contribution in [2.45, 2.75) is 19.3 Å². The van der Waals surface area contributed by atoms with Crippen molar-refractivity contribution < 1.29 is 0 Å². The molecule has 3 rings (SSSR count). The van der Waals surface area contributed by atoms with Crippen LogP contribution in [0.15, 0.2) is 10.8 Å². The maximum absolute atomic E-state index is 4.42. The van der Waals surface area contributed by atoms with Crippen LogP contribution in [-0.2, 0) is 0 Å². The quantitative estimate of drug-likeness (QED) is 0.910. The van der Waals surface area contributed by atoms with Gasteiger partial charge in [0.25, 0.3) is 0 Å². The average Bonchev–Trinajstić information content (AvgIpc) is 2.89. The third kappa shape index (κ3) is 1.90. The number of anilines is 2. The second-order valence-electron chi connectivity index (χ2n) is 4.97. The van der Waals surface area contributed by atoms with Gasteiger partial charge in [0.1, 0.15) is 22.4 Å². The van der Waals surface area contributed by atoms with E-state index in [2.05, 4.69) is 36.1 Å². The number of hydrogen-bond donors (Lipinski definition) is 1. The van der Waals surface area contributed by atoms with Crippen LogP contribution in [0.5, 0.6) is 0 Å². The van der Waals surface area contributed by atoms with Gasteiger partial charge in [-0.3, -0.25) is 0 Å².